The smallest absolute Gasteiger partial charge is 0.240 e. The minimum absolute atomic E-state index is 0.122. The van der Waals surface area contributed by atoms with Crippen LogP contribution in [0.1, 0.15) is 12.0 Å². The van der Waals surface area contributed by atoms with E-state index in [1.165, 1.54) is 7.05 Å². The molecule has 29 heavy (non-hydrogen) atoms. The molecule has 1 heterocycles. The lowest BCUT2D eigenvalue weighted by molar-refractivity contribution is -0.131. The van der Waals surface area contributed by atoms with E-state index < -0.39 is 10.0 Å². The van der Waals surface area contributed by atoms with Crippen molar-refractivity contribution in [3.63, 3.8) is 0 Å². The monoisotopic (exact) mass is 417 g/mol. The number of piperazine rings is 1. The van der Waals surface area contributed by atoms with E-state index in [-0.39, 0.29) is 10.8 Å². The number of carbonyl (C=O) groups is 1. The molecule has 3 rings (SSSR count). The van der Waals surface area contributed by atoms with Gasteiger partial charge in [-0.25, -0.2) is 13.1 Å². The highest BCUT2D eigenvalue weighted by molar-refractivity contribution is 7.89. The molecular formula is C21H27N3O4S. The predicted octanol–water partition coefficient (Wildman–Crippen LogP) is 1.88. The first kappa shape index (κ1) is 21.1. The third kappa shape index (κ3) is 5.07. The minimum atomic E-state index is -3.44. The second kappa shape index (κ2) is 9.28. The van der Waals surface area contributed by atoms with E-state index >= 15 is 0 Å². The Labute approximate surface area is 172 Å². The topological polar surface area (TPSA) is 79.0 Å². The standard InChI is InChI=1S/C21H27N3O4S/c1-22-29(26,27)18-10-7-17(8-11-18)9-12-21(25)24-15-13-23(14-16-24)19-5-3-4-6-20(19)28-2/h3-8,10-11,22H,9,12-16H2,1-2H3. The maximum Gasteiger partial charge on any atom is 0.240 e. The number of para-hydroxylation sites is 2. The Morgan fingerprint density at radius 2 is 1.69 bits per heavy atom. The number of hydrogen-bond donors (Lipinski definition) is 1. The molecule has 0 atom stereocenters. The second-order valence-electron chi connectivity index (χ2n) is 6.89. The number of amides is 1. The molecule has 1 saturated heterocycles. The van der Waals surface area contributed by atoms with Crippen LogP contribution in [0, 0.1) is 0 Å². The zero-order chi connectivity index (χ0) is 20.9. The van der Waals surface area contributed by atoms with Gasteiger partial charge in [0.25, 0.3) is 0 Å². The van der Waals surface area contributed by atoms with E-state index in [1.807, 2.05) is 29.2 Å². The van der Waals surface area contributed by atoms with E-state index in [9.17, 15) is 13.2 Å². The fourth-order valence-electron chi connectivity index (χ4n) is 3.45. The number of nitrogens with zero attached hydrogens (tertiary/aromatic N) is 2. The normalized spacial score (nSPS) is 14.7. The molecule has 0 unspecified atom stereocenters. The van der Waals surface area contributed by atoms with Crippen LogP contribution >= 0.6 is 0 Å². The predicted molar refractivity (Wildman–Crippen MR) is 113 cm³/mol. The van der Waals surface area contributed by atoms with Crippen LogP contribution in [0.25, 0.3) is 0 Å². The van der Waals surface area contributed by atoms with Crippen molar-refractivity contribution < 1.29 is 17.9 Å². The Morgan fingerprint density at radius 3 is 2.31 bits per heavy atom. The van der Waals surface area contributed by atoms with Gasteiger partial charge in [-0.05, 0) is 43.3 Å². The van der Waals surface area contributed by atoms with Crippen LogP contribution in [0.3, 0.4) is 0 Å². The van der Waals surface area contributed by atoms with Crippen molar-refractivity contribution in [2.75, 3.05) is 45.2 Å². The highest BCUT2D eigenvalue weighted by atomic mass is 32.2. The van der Waals surface area contributed by atoms with Crippen LogP contribution in [0.5, 0.6) is 5.75 Å². The second-order valence-corrected chi connectivity index (χ2v) is 8.78. The molecule has 2 aromatic carbocycles. The van der Waals surface area contributed by atoms with Crippen molar-refractivity contribution in [2.45, 2.75) is 17.7 Å². The van der Waals surface area contributed by atoms with Gasteiger partial charge in [0.1, 0.15) is 5.75 Å². The van der Waals surface area contributed by atoms with Gasteiger partial charge in [-0.1, -0.05) is 24.3 Å². The van der Waals surface area contributed by atoms with Crippen LogP contribution in [-0.4, -0.2) is 59.6 Å². The molecule has 1 aliphatic rings. The first-order valence-corrected chi connectivity index (χ1v) is 11.1. The summed E-state index contributed by atoms with van der Waals surface area (Å²) < 4.78 is 31.3. The summed E-state index contributed by atoms with van der Waals surface area (Å²) in [5.41, 5.74) is 2.00. The average molecular weight is 418 g/mol. The van der Waals surface area contributed by atoms with Crippen molar-refractivity contribution in [3.05, 3.63) is 54.1 Å². The molecule has 1 fully saturated rings. The highest BCUT2D eigenvalue weighted by Gasteiger charge is 2.22. The minimum Gasteiger partial charge on any atom is -0.495 e. The summed E-state index contributed by atoms with van der Waals surface area (Å²) in [6.45, 7) is 2.89. The lowest BCUT2D eigenvalue weighted by atomic mass is 10.1. The van der Waals surface area contributed by atoms with E-state index in [1.54, 1.807) is 31.4 Å². The van der Waals surface area contributed by atoms with Gasteiger partial charge in [-0.2, -0.15) is 0 Å². The fourth-order valence-corrected chi connectivity index (χ4v) is 4.18. The van der Waals surface area contributed by atoms with Crippen molar-refractivity contribution in [3.8, 4) is 5.75 Å². The van der Waals surface area contributed by atoms with E-state index in [0.29, 0.717) is 25.9 Å². The van der Waals surface area contributed by atoms with Crippen molar-refractivity contribution >= 4 is 21.6 Å². The Kier molecular flexibility index (Phi) is 6.76. The number of nitrogens with one attached hydrogen (secondary N) is 1. The fraction of sp³-hybridized carbons (Fsp3) is 0.381. The summed E-state index contributed by atoms with van der Waals surface area (Å²) in [6.07, 6.45) is 0.998. The zero-order valence-corrected chi connectivity index (χ0v) is 17.6. The number of hydrogen-bond acceptors (Lipinski definition) is 5. The number of sulfonamides is 1. The van der Waals surface area contributed by atoms with Crippen molar-refractivity contribution in [1.82, 2.24) is 9.62 Å². The van der Waals surface area contributed by atoms with Crippen LogP contribution in [0.2, 0.25) is 0 Å². The van der Waals surface area contributed by atoms with Crippen LogP contribution in [0.15, 0.2) is 53.4 Å². The third-order valence-corrected chi connectivity index (χ3v) is 6.62. The van der Waals surface area contributed by atoms with Gasteiger partial charge in [-0.15, -0.1) is 0 Å². The van der Waals surface area contributed by atoms with Gasteiger partial charge >= 0.3 is 0 Å². The average Bonchev–Trinajstić information content (AvgIpc) is 2.77. The number of ether oxygens (including phenoxy) is 1. The molecule has 0 spiro atoms. The Morgan fingerprint density at radius 1 is 1.03 bits per heavy atom. The molecular weight excluding hydrogens is 390 g/mol. The first-order valence-electron chi connectivity index (χ1n) is 9.63. The molecule has 8 heteroatoms. The van der Waals surface area contributed by atoms with Gasteiger partial charge < -0.3 is 14.5 Å². The van der Waals surface area contributed by atoms with Crippen molar-refractivity contribution in [1.29, 1.82) is 0 Å². The van der Waals surface area contributed by atoms with Crippen LogP contribution in [-0.2, 0) is 21.2 Å². The number of aryl methyl sites for hydroxylation is 1. The van der Waals surface area contributed by atoms with Gasteiger partial charge in [-0.3, -0.25) is 4.79 Å². The molecule has 0 radical (unpaired) electrons. The highest BCUT2D eigenvalue weighted by Crippen LogP contribution is 2.28. The third-order valence-electron chi connectivity index (χ3n) is 5.19. The van der Waals surface area contributed by atoms with Gasteiger partial charge in [0.15, 0.2) is 0 Å². The number of methoxy groups -OCH3 is 1. The molecule has 0 aliphatic carbocycles. The van der Waals surface area contributed by atoms with Crippen molar-refractivity contribution in [2.24, 2.45) is 0 Å². The molecule has 1 amide bonds. The number of carbonyl (C=O) groups excluding carboxylic acids is 1. The van der Waals surface area contributed by atoms with E-state index in [4.69, 9.17) is 4.74 Å². The summed E-state index contributed by atoms with van der Waals surface area (Å²) in [4.78, 5) is 16.9. The van der Waals surface area contributed by atoms with Crippen LogP contribution in [0.4, 0.5) is 5.69 Å². The maximum atomic E-state index is 12.6. The molecule has 0 saturated carbocycles. The quantitative estimate of drug-likeness (QED) is 0.744. The summed E-state index contributed by atoms with van der Waals surface area (Å²) >= 11 is 0. The largest absolute Gasteiger partial charge is 0.495 e. The molecule has 0 aromatic heterocycles. The van der Waals surface area contributed by atoms with Gasteiger partial charge in [0.2, 0.25) is 15.9 Å². The van der Waals surface area contributed by atoms with E-state index in [0.717, 1.165) is 30.1 Å². The summed E-state index contributed by atoms with van der Waals surface area (Å²) in [5, 5.41) is 0. The van der Waals surface area contributed by atoms with Gasteiger partial charge in [0, 0.05) is 32.6 Å². The molecule has 1 N–H and O–H groups in total. The summed E-state index contributed by atoms with van der Waals surface area (Å²) in [5.74, 6) is 0.965. The Bertz CT molecular complexity index is 937. The summed E-state index contributed by atoms with van der Waals surface area (Å²) in [7, 11) is -0.385. The SMILES string of the molecule is CNS(=O)(=O)c1ccc(CCC(=O)N2CCN(c3ccccc3OC)CC2)cc1. The molecule has 0 bridgehead atoms. The number of rotatable bonds is 7. The number of anilines is 1. The van der Waals surface area contributed by atoms with E-state index in [2.05, 4.69) is 9.62 Å². The molecule has 156 valence electrons. The lowest BCUT2D eigenvalue weighted by Gasteiger charge is -2.36. The van der Waals surface area contributed by atoms with Crippen LogP contribution < -0.4 is 14.4 Å². The first-order chi connectivity index (χ1) is 13.9. The molecule has 7 nitrogen and oxygen atoms in total. The molecule has 2 aromatic rings. The molecule has 1 aliphatic heterocycles. The maximum absolute atomic E-state index is 12.6. The Hall–Kier alpha value is -2.58. The Balaban J connectivity index is 1.51. The number of benzene rings is 2. The zero-order valence-electron chi connectivity index (χ0n) is 16.8. The summed E-state index contributed by atoms with van der Waals surface area (Å²) in [6, 6.07) is 14.6. The van der Waals surface area contributed by atoms with Gasteiger partial charge in [0.05, 0.1) is 17.7 Å². The lowest BCUT2D eigenvalue weighted by Crippen LogP contribution is -2.48.